The molecule has 4 N–H and O–H groups in total. The van der Waals surface area contributed by atoms with Gasteiger partial charge < -0.3 is 21.1 Å². The molecule has 0 saturated heterocycles. The van der Waals surface area contributed by atoms with Crippen LogP contribution in [0.4, 0.5) is 0 Å². The third kappa shape index (κ3) is 4.39. The maximum Gasteiger partial charge on any atom is 0.251 e. The van der Waals surface area contributed by atoms with E-state index in [9.17, 15) is 4.79 Å². The second-order valence-electron chi connectivity index (χ2n) is 7.02. The van der Waals surface area contributed by atoms with Gasteiger partial charge in [0.1, 0.15) is 5.75 Å². The SMILES string of the molecule is NC(=NCc1cccc(C(=O)NC2CC2)c1)NC1CCOc2ccccc21. The smallest absolute Gasteiger partial charge is 0.251 e. The number of guanidine groups is 1. The van der Waals surface area contributed by atoms with E-state index in [0.717, 1.165) is 36.1 Å². The summed E-state index contributed by atoms with van der Waals surface area (Å²) in [6.45, 7) is 1.08. The molecule has 1 fully saturated rings. The van der Waals surface area contributed by atoms with Crippen LogP contribution in [0.25, 0.3) is 0 Å². The van der Waals surface area contributed by atoms with Crippen molar-refractivity contribution in [3.63, 3.8) is 0 Å². The Morgan fingerprint density at radius 2 is 1.96 bits per heavy atom. The second kappa shape index (κ2) is 7.70. The van der Waals surface area contributed by atoms with Crippen molar-refractivity contribution in [3.8, 4) is 5.75 Å². The van der Waals surface area contributed by atoms with Crippen LogP contribution in [0, 0.1) is 0 Å². The molecule has 140 valence electrons. The predicted octanol–water partition coefficient (Wildman–Crippen LogP) is 2.51. The van der Waals surface area contributed by atoms with Crippen LogP contribution in [0.1, 0.15) is 46.8 Å². The zero-order valence-corrected chi connectivity index (χ0v) is 15.2. The lowest BCUT2D eigenvalue weighted by molar-refractivity contribution is 0.0951. The first-order chi connectivity index (χ1) is 13.2. The fraction of sp³-hybridized carbons (Fsp3) is 0.333. The van der Waals surface area contributed by atoms with Gasteiger partial charge in [0.2, 0.25) is 0 Å². The number of nitrogens with zero attached hydrogens (tertiary/aromatic N) is 1. The lowest BCUT2D eigenvalue weighted by Gasteiger charge is -2.26. The number of rotatable bonds is 5. The highest BCUT2D eigenvalue weighted by atomic mass is 16.5. The number of benzene rings is 2. The van der Waals surface area contributed by atoms with Crippen molar-refractivity contribution in [1.82, 2.24) is 10.6 Å². The number of aliphatic imine (C=N–C) groups is 1. The molecular formula is C21H24N4O2. The van der Waals surface area contributed by atoms with Crippen molar-refractivity contribution in [1.29, 1.82) is 0 Å². The molecular weight excluding hydrogens is 340 g/mol. The van der Waals surface area contributed by atoms with Crippen molar-refractivity contribution in [2.45, 2.75) is 37.9 Å². The van der Waals surface area contributed by atoms with E-state index < -0.39 is 0 Å². The fourth-order valence-electron chi connectivity index (χ4n) is 3.20. The number of hydrogen-bond acceptors (Lipinski definition) is 3. The first-order valence-corrected chi connectivity index (χ1v) is 9.37. The topological polar surface area (TPSA) is 88.7 Å². The van der Waals surface area contributed by atoms with Gasteiger partial charge in [-0.2, -0.15) is 0 Å². The number of ether oxygens (including phenoxy) is 1. The van der Waals surface area contributed by atoms with E-state index in [1.807, 2.05) is 48.5 Å². The van der Waals surface area contributed by atoms with Crippen LogP contribution in [0.5, 0.6) is 5.75 Å². The van der Waals surface area contributed by atoms with Gasteiger partial charge in [-0.15, -0.1) is 0 Å². The first-order valence-electron chi connectivity index (χ1n) is 9.37. The molecule has 1 atom stereocenters. The van der Waals surface area contributed by atoms with Gasteiger partial charge in [0.15, 0.2) is 5.96 Å². The van der Waals surface area contributed by atoms with E-state index in [1.54, 1.807) is 0 Å². The summed E-state index contributed by atoms with van der Waals surface area (Å²) in [5.41, 5.74) is 8.82. The summed E-state index contributed by atoms with van der Waals surface area (Å²) in [7, 11) is 0. The summed E-state index contributed by atoms with van der Waals surface area (Å²) in [6, 6.07) is 15.9. The zero-order chi connectivity index (χ0) is 18.6. The van der Waals surface area contributed by atoms with E-state index in [2.05, 4.69) is 15.6 Å². The molecule has 1 aliphatic heterocycles. The Balaban J connectivity index is 1.39. The minimum absolute atomic E-state index is 0.0201. The van der Waals surface area contributed by atoms with E-state index >= 15 is 0 Å². The van der Waals surface area contributed by atoms with Crippen LogP contribution < -0.4 is 21.1 Å². The molecule has 0 spiro atoms. The molecule has 0 radical (unpaired) electrons. The molecule has 2 aromatic rings. The Morgan fingerprint density at radius 1 is 1.11 bits per heavy atom. The molecule has 1 aliphatic carbocycles. The number of nitrogens with one attached hydrogen (secondary N) is 2. The molecule has 0 bridgehead atoms. The Hall–Kier alpha value is -3.02. The molecule has 1 amide bonds. The average Bonchev–Trinajstić information content (AvgIpc) is 3.51. The zero-order valence-electron chi connectivity index (χ0n) is 15.2. The molecule has 6 nitrogen and oxygen atoms in total. The molecule has 1 saturated carbocycles. The monoisotopic (exact) mass is 364 g/mol. The van der Waals surface area contributed by atoms with Crippen molar-refractivity contribution in [2.24, 2.45) is 10.7 Å². The van der Waals surface area contributed by atoms with Crippen LogP contribution in [0.15, 0.2) is 53.5 Å². The summed E-state index contributed by atoms with van der Waals surface area (Å²) in [4.78, 5) is 16.6. The van der Waals surface area contributed by atoms with Gasteiger partial charge in [0, 0.05) is 23.6 Å². The molecule has 27 heavy (non-hydrogen) atoms. The third-order valence-corrected chi connectivity index (χ3v) is 4.81. The van der Waals surface area contributed by atoms with Crippen molar-refractivity contribution in [2.75, 3.05) is 6.61 Å². The number of nitrogens with two attached hydrogens (primary N) is 1. The molecule has 0 aromatic heterocycles. The highest BCUT2D eigenvalue weighted by Gasteiger charge is 2.24. The minimum Gasteiger partial charge on any atom is -0.493 e. The summed E-state index contributed by atoms with van der Waals surface area (Å²) in [5, 5.41) is 6.29. The maximum atomic E-state index is 12.2. The van der Waals surface area contributed by atoms with Gasteiger partial charge in [-0.1, -0.05) is 30.3 Å². The maximum absolute atomic E-state index is 12.2. The van der Waals surface area contributed by atoms with Gasteiger partial charge in [0.25, 0.3) is 5.91 Å². The van der Waals surface area contributed by atoms with Crippen molar-refractivity contribution >= 4 is 11.9 Å². The largest absolute Gasteiger partial charge is 0.493 e. The Labute approximate surface area is 158 Å². The first kappa shape index (κ1) is 17.4. The van der Waals surface area contributed by atoms with Gasteiger partial charge >= 0.3 is 0 Å². The highest BCUT2D eigenvalue weighted by molar-refractivity contribution is 5.94. The number of carbonyl (C=O) groups is 1. The van der Waals surface area contributed by atoms with Crippen LogP contribution in [0.3, 0.4) is 0 Å². The van der Waals surface area contributed by atoms with Crippen molar-refractivity contribution < 1.29 is 9.53 Å². The van der Waals surface area contributed by atoms with Crippen LogP contribution in [-0.4, -0.2) is 24.5 Å². The fourth-order valence-corrected chi connectivity index (χ4v) is 3.20. The van der Waals surface area contributed by atoms with E-state index in [0.29, 0.717) is 30.7 Å². The summed E-state index contributed by atoms with van der Waals surface area (Å²) >= 11 is 0. The average molecular weight is 364 g/mol. The minimum atomic E-state index is -0.0201. The molecule has 1 unspecified atom stereocenters. The Bertz CT molecular complexity index is 861. The summed E-state index contributed by atoms with van der Waals surface area (Å²) in [6.07, 6.45) is 2.99. The predicted molar refractivity (Wildman–Crippen MR) is 105 cm³/mol. The number of carbonyl (C=O) groups excluding carboxylic acids is 1. The second-order valence-corrected chi connectivity index (χ2v) is 7.02. The third-order valence-electron chi connectivity index (χ3n) is 4.81. The van der Waals surface area contributed by atoms with Crippen LogP contribution in [0.2, 0.25) is 0 Å². The number of para-hydroxylation sites is 1. The normalized spacial score (nSPS) is 19.0. The van der Waals surface area contributed by atoms with Gasteiger partial charge in [0.05, 0.1) is 19.2 Å². The molecule has 2 aromatic carbocycles. The molecule has 1 heterocycles. The van der Waals surface area contributed by atoms with E-state index in [-0.39, 0.29) is 11.9 Å². The number of amides is 1. The van der Waals surface area contributed by atoms with Crippen LogP contribution in [-0.2, 0) is 6.54 Å². The lowest BCUT2D eigenvalue weighted by Crippen LogP contribution is -2.37. The Morgan fingerprint density at radius 3 is 2.81 bits per heavy atom. The highest BCUT2D eigenvalue weighted by Crippen LogP contribution is 2.31. The van der Waals surface area contributed by atoms with Gasteiger partial charge in [-0.3, -0.25) is 4.79 Å². The quantitative estimate of drug-likeness (QED) is 0.562. The lowest BCUT2D eigenvalue weighted by atomic mass is 10.0. The van der Waals surface area contributed by atoms with E-state index in [4.69, 9.17) is 10.5 Å². The summed E-state index contributed by atoms with van der Waals surface area (Å²) in [5.74, 6) is 1.27. The van der Waals surface area contributed by atoms with Gasteiger partial charge in [-0.25, -0.2) is 4.99 Å². The molecule has 6 heteroatoms. The summed E-state index contributed by atoms with van der Waals surface area (Å²) < 4.78 is 5.67. The van der Waals surface area contributed by atoms with Crippen LogP contribution >= 0.6 is 0 Å². The van der Waals surface area contributed by atoms with E-state index in [1.165, 1.54) is 0 Å². The number of hydrogen-bond donors (Lipinski definition) is 3. The van der Waals surface area contributed by atoms with Gasteiger partial charge in [-0.05, 0) is 36.6 Å². The Kier molecular flexibility index (Phi) is 4.96. The molecule has 2 aliphatic rings. The number of fused-ring (bicyclic) bond motifs is 1. The standard InChI is InChI=1S/C21H24N4O2/c22-21(25-18-10-11-27-19-7-2-1-6-17(18)19)23-13-14-4-3-5-15(12-14)20(26)24-16-8-9-16/h1-7,12,16,18H,8-11,13H2,(H,24,26)(H3,22,23,25). The van der Waals surface area contributed by atoms with Crippen molar-refractivity contribution in [3.05, 3.63) is 65.2 Å². The molecule has 4 rings (SSSR count).